The molecule has 0 aliphatic carbocycles. The van der Waals surface area contributed by atoms with Crippen LogP contribution in [-0.4, -0.2) is 16.5 Å². The van der Waals surface area contributed by atoms with Crippen molar-refractivity contribution in [2.24, 2.45) is 5.92 Å². The zero-order chi connectivity index (χ0) is 17.6. The molecule has 4 heteroatoms. The maximum absolute atomic E-state index is 4.69. The summed E-state index contributed by atoms with van der Waals surface area (Å²) in [7, 11) is 0. The fourth-order valence-corrected chi connectivity index (χ4v) is 2.43. The second kappa shape index (κ2) is 7.79. The van der Waals surface area contributed by atoms with Gasteiger partial charge >= 0.3 is 0 Å². The molecule has 128 valence electrons. The summed E-state index contributed by atoms with van der Waals surface area (Å²) >= 11 is 0. The quantitative estimate of drug-likeness (QED) is 0.646. The molecule has 4 nitrogen and oxygen atoms in total. The largest absolute Gasteiger partial charge is 0.370 e. The first-order valence-corrected chi connectivity index (χ1v) is 8.62. The van der Waals surface area contributed by atoms with E-state index in [1.54, 1.807) is 0 Å². The van der Waals surface area contributed by atoms with E-state index < -0.39 is 0 Å². The molecule has 3 aromatic rings. The van der Waals surface area contributed by atoms with Crippen LogP contribution in [-0.2, 0) is 0 Å². The average Bonchev–Trinajstić information content (AvgIpc) is 2.62. The predicted octanol–water partition coefficient (Wildman–Crippen LogP) is 5.26. The summed E-state index contributed by atoms with van der Waals surface area (Å²) in [5.41, 5.74) is 4.18. The Morgan fingerprint density at radius 1 is 0.920 bits per heavy atom. The molecule has 25 heavy (non-hydrogen) atoms. The molecule has 0 aliphatic rings. The number of aryl methyl sites for hydroxylation is 1. The van der Waals surface area contributed by atoms with Gasteiger partial charge in [-0.2, -0.15) is 4.98 Å². The van der Waals surface area contributed by atoms with Gasteiger partial charge in [-0.05, 0) is 25.0 Å². The van der Waals surface area contributed by atoms with Crippen molar-refractivity contribution in [1.82, 2.24) is 9.97 Å². The number of rotatable bonds is 6. The van der Waals surface area contributed by atoms with Gasteiger partial charge in [0.05, 0.1) is 5.69 Å². The molecule has 0 bridgehead atoms. The summed E-state index contributed by atoms with van der Waals surface area (Å²) in [6, 6.07) is 20.4. The van der Waals surface area contributed by atoms with Gasteiger partial charge in [0.2, 0.25) is 5.95 Å². The Hall–Kier alpha value is -2.88. The van der Waals surface area contributed by atoms with Crippen LogP contribution in [0, 0.1) is 12.8 Å². The first kappa shape index (κ1) is 17.0. The lowest BCUT2D eigenvalue weighted by molar-refractivity contribution is 0.687. The molecule has 0 aliphatic heterocycles. The predicted molar refractivity (Wildman–Crippen MR) is 105 cm³/mol. The third-order valence-corrected chi connectivity index (χ3v) is 3.79. The molecule has 2 N–H and O–H groups in total. The van der Waals surface area contributed by atoms with Crippen molar-refractivity contribution in [3.05, 3.63) is 66.2 Å². The third kappa shape index (κ3) is 4.80. The van der Waals surface area contributed by atoms with E-state index in [-0.39, 0.29) is 0 Å². The van der Waals surface area contributed by atoms with Crippen molar-refractivity contribution in [1.29, 1.82) is 0 Å². The van der Waals surface area contributed by atoms with Gasteiger partial charge in [0.1, 0.15) is 5.82 Å². The van der Waals surface area contributed by atoms with Gasteiger partial charge in [0, 0.05) is 23.9 Å². The van der Waals surface area contributed by atoms with Crippen LogP contribution in [0.1, 0.15) is 19.4 Å². The molecule has 0 saturated heterocycles. The highest BCUT2D eigenvalue weighted by Crippen LogP contribution is 2.23. The van der Waals surface area contributed by atoms with E-state index in [1.807, 2.05) is 36.4 Å². The Morgan fingerprint density at radius 3 is 2.32 bits per heavy atom. The number of anilines is 3. The topological polar surface area (TPSA) is 49.8 Å². The van der Waals surface area contributed by atoms with Crippen molar-refractivity contribution in [3.8, 4) is 11.3 Å². The molecule has 1 heterocycles. The average molecular weight is 332 g/mol. The third-order valence-electron chi connectivity index (χ3n) is 3.79. The highest BCUT2D eigenvalue weighted by atomic mass is 15.1. The zero-order valence-electron chi connectivity index (χ0n) is 15.0. The molecule has 3 rings (SSSR count). The van der Waals surface area contributed by atoms with Gasteiger partial charge in [-0.3, -0.25) is 0 Å². The van der Waals surface area contributed by atoms with E-state index in [9.17, 15) is 0 Å². The molecule has 0 atom stereocenters. The number of hydrogen-bond donors (Lipinski definition) is 2. The van der Waals surface area contributed by atoms with Crippen LogP contribution in [0.3, 0.4) is 0 Å². The number of benzene rings is 2. The first-order valence-electron chi connectivity index (χ1n) is 8.62. The fraction of sp³-hybridized carbons (Fsp3) is 0.238. The van der Waals surface area contributed by atoms with Gasteiger partial charge in [-0.15, -0.1) is 0 Å². The van der Waals surface area contributed by atoms with E-state index >= 15 is 0 Å². The van der Waals surface area contributed by atoms with Crippen LogP contribution in [0.15, 0.2) is 60.7 Å². The maximum atomic E-state index is 4.69. The van der Waals surface area contributed by atoms with Crippen LogP contribution < -0.4 is 10.6 Å². The minimum absolute atomic E-state index is 0.545. The van der Waals surface area contributed by atoms with Crippen LogP contribution in [0.4, 0.5) is 17.5 Å². The maximum Gasteiger partial charge on any atom is 0.229 e. The molecular weight excluding hydrogens is 308 g/mol. The van der Waals surface area contributed by atoms with Crippen molar-refractivity contribution >= 4 is 17.5 Å². The summed E-state index contributed by atoms with van der Waals surface area (Å²) in [4.78, 5) is 9.30. The number of nitrogens with zero attached hydrogens (tertiary/aromatic N) is 2. The van der Waals surface area contributed by atoms with Crippen LogP contribution in [0.5, 0.6) is 0 Å². The summed E-state index contributed by atoms with van der Waals surface area (Å²) in [6.45, 7) is 7.30. The molecule has 2 aromatic carbocycles. The lowest BCUT2D eigenvalue weighted by atomic mass is 10.1. The minimum Gasteiger partial charge on any atom is -0.370 e. The monoisotopic (exact) mass is 332 g/mol. The van der Waals surface area contributed by atoms with Crippen molar-refractivity contribution in [3.63, 3.8) is 0 Å². The van der Waals surface area contributed by atoms with Crippen molar-refractivity contribution in [2.45, 2.75) is 20.8 Å². The zero-order valence-corrected chi connectivity index (χ0v) is 15.0. The van der Waals surface area contributed by atoms with E-state index in [0.29, 0.717) is 11.9 Å². The molecule has 0 spiro atoms. The molecule has 0 amide bonds. The molecule has 0 saturated carbocycles. The van der Waals surface area contributed by atoms with Crippen molar-refractivity contribution < 1.29 is 0 Å². The molecular formula is C21H24N4. The van der Waals surface area contributed by atoms with E-state index in [0.717, 1.165) is 29.3 Å². The molecule has 1 aromatic heterocycles. The van der Waals surface area contributed by atoms with Crippen LogP contribution in [0.2, 0.25) is 0 Å². The lowest BCUT2D eigenvalue weighted by Gasteiger charge is -2.13. The molecule has 0 radical (unpaired) electrons. The summed E-state index contributed by atoms with van der Waals surface area (Å²) in [5.74, 6) is 1.97. The first-order chi connectivity index (χ1) is 12.1. The lowest BCUT2D eigenvalue weighted by Crippen LogP contribution is -2.10. The van der Waals surface area contributed by atoms with Gasteiger partial charge in [0.25, 0.3) is 0 Å². The second-order valence-corrected chi connectivity index (χ2v) is 6.59. The second-order valence-electron chi connectivity index (χ2n) is 6.59. The Balaban J connectivity index is 1.92. The molecule has 0 unspecified atom stereocenters. The Bertz CT molecular complexity index is 811. The van der Waals surface area contributed by atoms with E-state index in [1.165, 1.54) is 5.56 Å². The van der Waals surface area contributed by atoms with E-state index in [2.05, 4.69) is 65.6 Å². The molecule has 0 fully saturated rings. The number of hydrogen-bond acceptors (Lipinski definition) is 4. The SMILES string of the molecule is Cc1ccc(Nc2nc(NCC(C)C)cc(-c3ccccc3)n2)cc1. The standard InChI is InChI=1S/C21H24N4/c1-15(2)14-22-20-13-19(17-7-5-4-6-8-17)24-21(25-20)23-18-11-9-16(3)10-12-18/h4-13,15H,14H2,1-3H3,(H2,22,23,24,25). The van der Waals surface area contributed by atoms with Gasteiger partial charge in [-0.25, -0.2) is 4.98 Å². The Labute approximate surface area is 149 Å². The van der Waals surface area contributed by atoms with Gasteiger partial charge in [0.15, 0.2) is 0 Å². The summed E-state index contributed by atoms with van der Waals surface area (Å²) in [6.07, 6.45) is 0. The van der Waals surface area contributed by atoms with Crippen LogP contribution in [0.25, 0.3) is 11.3 Å². The highest BCUT2D eigenvalue weighted by molar-refractivity contribution is 5.66. The van der Waals surface area contributed by atoms with Gasteiger partial charge in [-0.1, -0.05) is 61.9 Å². The number of aromatic nitrogens is 2. The van der Waals surface area contributed by atoms with Gasteiger partial charge < -0.3 is 10.6 Å². The number of nitrogens with one attached hydrogen (secondary N) is 2. The van der Waals surface area contributed by atoms with Crippen LogP contribution >= 0.6 is 0 Å². The smallest absolute Gasteiger partial charge is 0.229 e. The summed E-state index contributed by atoms with van der Waals surface area (Å²) < 4.78 is 0. The fourth-order valence-electron chi connectivity index (χ4n) is 2.43. The minimum atomic E-state index is 0.545. The Morgan fingerprint density at radius 2 is 1.64 bits per heavy atom. The Kier molecular flexibility index (Phi) is 5.29. The summed E-state index contributed by atoms with van der Waals surface area (Å²) in [5, 5.41) is 6.71. The van der Waals surface area contributed by atoms with Crippen molar-refractivity contribution in [2.75, 3.05) is 17.2 Å². The normalized spacial score (nSPS) is 10.7. The van der Waals surface area contributed by atoms with E-state index in [4.69, 9.17) is 0 Å². The highest BCUT2D eigenvalue weighted by Gasteiger charge is 2.08.